The van der Waals surface area contributed by atoms with Gasteiger partial charge in [-0.05, 0) is 27.7 Å². The predicted molar refractivity (Wildman–Crippen MR) is 75.0 cm³/mol. The second kappa shape index (κ2) is 7.31. The first-order valence-electron chi connectivity index (χ1n) is 6.16. The quantitative estimate of drug-likeness (QED) is 0.464. The van der Waals surface area contributed by atoms with Crippen molar-refractivity contribution in [1.82, 2.24) is 14.8 Å². The van der Waals surface area contributed by atoms with Gasteiger partial charge in [-0.15, -0.1) is 5.10 Å². The summed E-state index contributed by atoms with van der Waals surface area (Å²) in [4.78, 5) is 15.5. The van der Waals surface area contributed by atoms with E-state index in [2.05, 4.69) is 10.1 Å². The molecule has 0 amide bonds. The fraction of sp³-hybridized carbons (Fsp3) is 0.357. The summed E-state index contributed by atoms with van der Waals surface area (Å²) < 4.78 is 6.45. The number of carbonyl (C=O) groups excluding carboxylic acids is 1. The normalized spacial score (nSPS) is 12.8. The van der Waals surface area contributed by atoms with Crippen molar-refractivity contribution in [2.75, 3.05) is 0 Å². The molecule has 0 atom stereocenters. The van der Waals surface area contributed by atoms with E-state index in [1.165, 1.54) is 17.0 Å². The Balaban J connectivity index is 2.75. The van der Waals surface area contributed by atoms with Crippen LogP contribution in [0.5, 0.6) is 0 Å². The first-order chi connectivity index (χ1) is 9.06. The molecule has 1 aromatic rings. The molecule has 0 fully saturated rings. The summed E-state index contributed by atoms with van der Waals surface area (Å²) in [5.41, 5.74) is 0.930. The standard InChI is InChI=1S/C14H19N3O2/c1-5-7-12(6-2)14-15-10-17(16-14)9-8-13(18)19-11(3)4/h5-11H,1-4H3. The molecule has 0 spiro atoms. The number of rotatable bonds is 5. The molecular formula is C14H19N3O2. The van der Waals surface area contributed by atoms with E-state index in [0.29, 0.717) is 5.82 Å². The lowest BCUT2D eigenvalue weighted by atomic mass is 10.2. The van der Waals surface area contributed by atoms with E-state index in [4.69, 9.17) is 4.74 Å². The van der Waals surface area contributed by atoms with Crippen molar-refractivity contribution in [3.05, 3.63) is 36.5 Å². The molecule has 0 aliphatic heterocycles. The van der Waals surface area contributed by atoms with E-state index in [0.717, 1.165) is 5.57 Å². The lowest BCUT2D eigenvalue weighted by Gasteiger charge is -2.03. The molecule has 5 nitrogen and oxygen atoms in total. The van der Waals surface area contributed by atoms with Crippen molar-refractivity contribution in [2.24, 2.45) is 0 Å². The molecule has 0 aliphatic carbocycles. The molecule has 0 aliphatic rings. The fourth-order valence-corrected chi connectivity index (χ4v) is 1.37. The summed E-state index contributed by atoms with van der Waals surface area (Å²) >= 11 is 0. The van der Waals surface area contributed by atoms with Gasteiger partial charge >= 0.3 is 5.97 Å². The number of nitrogens with zero attached hydrogens (tertiary/aromatic N) is 3. The van der Waals surface area contributed by atoms with Gasteiger partial charge in [-0.3, -0.25) is 0 Å². The SMILES string of the molecule is CC=CC(=CC)c1ncn(C=CC(=O)OC(C)C)n1. The van der Waals surface area contributed by atoms with Crippen LogP contribution >= 0.6 is 0 Å². The van der Waals surface area contributed by atoms with Crippen LogP contribution in [0.4, 0.5) is 0 Å². The average Bonchev–Trinajstić information content (AvgIpc) is 2.81. The summed E-state index contributed by atoms with van der Waals surface area (Å²) in [5.74, 6) is 0.217. The average molecular weight is 261 g/mol. The highest BCUT2D eigenvalue weighted by Gasteiger charge is 2.03. The highest BCUT2D eigenvalue weighted by Crippen LogP contribution is 2.10. The van der Waals surface area contributed by atoms with Gasteiger partial charge in [-0.1, -0.05) is 18.2 Å². The van der Waals surface area contributed by atoms with Crippen LogP contribution in [-0.2, 0) is 9.53 Å². The van der Waals surface area contributed by atoms with Gasteiger partial charge in [0, 0.05) is 17.8 Å². The second-order valence-corrected chi connectivity index (χ2v) is 4.09. The molecule has 19 heavy (non-hydrogen) atoms. The third-order valence-electron chi connectivity index (χ3n) is 2.14. The van der Waals surface area contributed by atoms with Gasteiger partial charge in [-0.25, -0.2) is 14.5 Å². The van der Waals surface area contributed by atoms with Crippen LogP contribution < -0.4 is 0 Å². The lowest BCUT2D eigenvalue weighted by molar-refractivity contribution is -0.141. The monoisotopic (exact) mass is 261 g/mol. The summed E-state index contributed by atoms with van der Waals surface area (Å²) in [6.07, 6.45) is 10.0. The van der Waals surface area contributed by atoms with Gasteiger partial charge in [0.1, 0.15) is 6.33 Å². The number of allylic oxidation sites excluding steroid dienone is 4. The van der Waals surface area contributed by atoms with Crippen LogP contribution in [0, 0.1) is 0 Å². The number of ether oxygens (including phenoxy) is 1. The molecule has 0 N–H and O–H groups in total. The molecule has 1 rings (SSSR count). The van der Waals surface area contributed by atoms with Crippen molar-refractivity contribution < 1.29 is 9.53 Å². The molecule has 0 bridgehead atoms. The van der Waals surface area contributed by atoms with Crippen molar-refractivity contribution in [3.63, 3.8) is 0 Å². The minimum atomic E-state index is -0.397. The molecule has 1 heterocycles. The maximum Gasteiger partial charge on any atom is 0.332 e. The van der Waals surface area contributed by atoms with Crippen LogP contribution in [0.3, 0.4) is 0 Å². The van der Waals surface area contributed by atoms with Crippen molar-refractivity contribution in [3.8, 4) is 0 Å². The van der Waals surface area contributed by atoms with Gasteiger partial charge < -0.3 is 4.74 Å². The van der Waals surface area contributed by atoms with Crippen LogP contribution in [-0.4, -0.2) is 26.8 Å². The maximum atomic E-state index is 11.3. The minimum Gasteiger partial charge on any atom is -0.460 e. The van der Waals surface area contributed by atoms with Gasteiger partial charge in [-0.2, -0.15) is 0 Å². The summed E-state index contributed by atoms with van der Waals surface area (Å²) in [5, 5.41) is 4.24. The molecular weight excluding hydrogens is 242 g/mol. The topological polar surface area (TPSA) is 57.0 Å². The number of aromatic nitrogens is 3. The van der Waals surface area contributed by atoms with Crippen molar-refractivity contribution >= 4 is 17.7 Å². The minimum absolute atomic E-state index is 0.132. The Bertz CT molecular complexity index is 511. The zero-order valence-electron chi connectivity index (χ0n) is 11.7. The van der Waals surface area contributed by atoms with E-state index in [1.54, 1.807) is 20.2 Å². The van der Waals surface area contributed by atoms with Gasteiger partial charge in [0.25, 0.3) is 0 Å². The third kappa shape index (κ3) is 4.91. The number of hydrogen-bond donors (Lipinski definition) is 0. The zero-order chi connectivity index (χ0) is 14.3. The fourth-order valence-electron chi connectivity index (χ4n) is 1.37. The Labute approximate surface area is 113 Å². The molecule has 0 saturated heterocycles. The summed E-state index contributed by atoms with van der Waals surface area (Å²) in [7, 11) is 0. The smallest absolute Gasteiger partial charge is 0.332 e. The van der Waals surface area contributed by atoms with Crippen LogP contribution in [0.15, 0.2) is 30.6 Å². The van der Waals surface area contributed by atoms with Gasteiger partial charge in [0.05, 0.1) is 6.10 Å². The Morgan fingerprint density at radius 3 is 2.68 bits per heavy atom. The Morgan fingerprint density at radius 1 is 1.37 bits per heavy atom. The second-order valence-electron chi connectivity index (χ2n) is 4.09. The molecule has 5 heteroatoms. The maximum absolute atomic E-state index is 11.3. The van der Waals surface area contributed by atoms with Crippen LogP contribution in [0.2, 0.25) is 0 Å². The highest BCUT2D eigenvalue weighted by atomic mass is 16.5. The predicted octanol–water partition coefficient (Wildman–Crippen LogP) is 2.68. The molecule has 0 unspecified atom stereocenters. The third-order valence-corrected chi connectivity index (χ3v) is 2.14. The van der Waals surface area contributed by atoms with Crippen molar-refractivity contribution in [2.45, 2.75) is 33.8 Å². The van der Waals surface area contributed by atoms with Crippen LogP contribution in [0.25, 0.3) is 11.8 Å². The zero-order valence-corrected chi connectivity index (χ0v) is 11.7. The Hall–Kier alpha value is -2.17. The molecule has 102 valence electrons. The van der Waals surface area contributed by atoms with Crippen molar-refractivity contribution in [1.29, 1.82) is 0 Å². The van der Waals surface area contributed by atoms with E-state index in [9.17, 15) is 4.79 Å². The largest absolute Gasteiger partial charge is 0.460 e. The Morgan fingerprint density at radius 2 is 2.11 bits per heavy atom. The first-order valence-corrected chi connectivity index (χ1v) is 6.16. The van der Waals surface area contributed by atoms with Gasteiger partial charge in [0.15, 0.2) is 5.82 Å². The highest BCUT2D eigenvalue weighted by molar-refractivity contribution is 5.85. The number of hydrogen-bond acceptors (Lipinski definition) is 4. The Kier molecular flexibility index (Phi) is 5.73. The number of carbonyl (C=O) groups is 1. The van der Waals surface area contributed by atoms with E-state index in [-0.39, 0.29) is 6.10 Å². The number of esters is 1. The lowest BCUT2D eigenvalue weighted by Crippen LogP contribution is -2.08. The van der Waals surface area contributed by atoms with E-state index >= 15 is 0 Å². The molecule has 0 radical (unpaired) electrons. The van der Waals surface area contributed by atoms with Crippen LogP contribution in [0.1, 0.15) is 33.5 Å². The molecule has 0 saturated carbocycles. The van der Waals surface area contributed by atoms with Gasteiger partial charge in [0.2, 0.25) is 0 Å². The molecule has 0 aromatic carbocycles. The first kappa shape index (κ1) is 14.9. The van der Waals surface area contributed by atoms with E-state index < -0.39 is 5.97 Å². The summed E-state index contributed by atoms with van der Waals surface area (Å²) in [6.45, 7) is 7.46. The molecule has 1 aromatic heterocycles. The summed E-state index contributed by atoms with van der Waals surface area (Å²) in [6, 6.07) is 0. The van der Waals surface area contributed by atoms with E-state index in [1.807, 2.05) is 32.1 Å².